The second kappa shape index (κ2) is 4.68. The Hall–Kier alpha value is -0.670. The predicted octanol–water partition coefficient (Wildman–Crippen LogP) is -1.43. The molecule has 1 heterocycles. The van der Waals surface area contributed by atoms with Crippen molar-refractivity contribution in [2.24, 2.45) is 0 Å². The summed E-state index contributed by atoms with van der Waals surface area (Å²) in [6.07, 6.45) is -0.247. The minimum atomic E-state index is -3.71. The van der Waals surface area contributed by atoms with Crippen LogP contribution in [0.3, 0.4) is 0 Å². The number of carbonyl (C=O) groups is 1. The summed E-state index contributed by atoms with van der Waals surface area (Å²) in [5.41, 5.74) is 0. The summed E-state index contributed by atoms with van der Waals surface area (Å²) >= 11 is 0. The second-order valence-electron chi connectivity index (χ2n) is 3.68. The Kier molecular flexibility index (Phi) is 3.92. The lowest BCUT2D eigenvalue weighted by atomic mass is 10.3. The van der Waals surface area contributed by atoms with E-state index in [1.807, 2.05) is 0 Å². The summed E-state index contributed by atoms with van der Waals surface area (Å²) in [5.74, 6) is -1.97. The Balaban J connectivity index is 2.51. The zero-order chi connectivity index (χ0) is 12.4. The molecule has 0 spiro atoms. The van der Waals surface area contributed by atoms with Gasteiger partial charge in [0.2, 0.25) is 10.0 Å². The molecule has 2 N–H and O–H groups in total. The Morgan fingerprint density at radius 2 is 2.06 bits per heavy atom. The first-order chi connectivity index (χ1) is 7.20. The van der Waals surface area contributed by atoms with Gasteiger partial charge in [0.25, 0.3) is 0 Å². The topological polar surface area (TPSA) is 118 Å². The average molecular weight is 271 g/mol. The number of hydrogen-bond acceptors (Lipinski definition) is 5. The molecule has 16 heavy (non-hydrogen) atoms. The molecule has 1 aliphatic heterocycles. The van der Waals surface area contributed by atoms with Crippen LogP contribution in [0.1, 0.15) is 12.8 Å². The first-order valence-electron chi connectivity index (χ1n) is 4.62. The van der Waals surface area contributed by atoms with Crippen LogP contribution >= 0.6 is 0 Å². The number of hydrogen-bond donors (Lipinski definition) is 2. The SMILES string of the molecule is O=C(O)CCS(=O)(=O)NC1CCS(=O)(=O)C1. The Labute approximate surface area is 93.8 Å². The molecule has 1 fully saturated rings. The van der Waals surface area contributed by atoms with Crippen molar-refractivity contribution in [3.05, 3.63) is 0 Å². The van der Waals surface area contributed by atoms with Crippen molar-refractivity contribution in [2.75, 3.05) is 17.3 Å². The van der Waals surface area contributed by atoms with Gasteiger partial charge >= 0.3 is 5.97 Å². The van der Waals surface area contributed by atoms with E-state index in [1.54, 1.807) is 0 Å². The molecule has 1 rings (SSSR count). The van der Waals surface area contributed by atoms with Crippen LogP contribution in [0, 0.1) is 0 Å². The van der Waals surface area contributed by atoms with Crippen molar-refractivity contribution in [3.63, 3.8) is 0 Å². The number of nitrogens with one attached hydrogen (secondary N) is 1. The van der Waals surface area contributed by atoms with E-state index in [4.69, 9.17) is 5.11 Å². The van der Waals surface area contributed by atoms with E-state index in [9.17, 15) is 21.6 Å². The maximum atomic E-state index is 11.3. The largest absolute Gasteiger partial charge is 0.481 e. The van der Waals surface area contributed by atoms with Gasteiger partial charge in [-0.2, -0.15) is 0 Å². The molecule has 1 saturated heterocycles. The van der Waals surface area contributed by atoms with E-state index < -0.39 is 44.0 Å². The summed E-state index contributed by atoms with van der Waals surface area (Å²) in [6, 6.07) is -0.621. The van der Waals surface area contributed by atoms with Crippen LogP contribution in [0.5, 0.6) is 0 Å². The van der Waals surface area contributed by atoms with Crippen molar-refractivity contribution < 1.29 is 26.7 Å². The van der Waals surface area contributed by atoms with Crippen LogP contribution in [-0.4, -0.2) is 51.2 Å². The molecule has 0 bridgehead atoms. The lowest BCUT2D eigenvalue weighted by Gasteiger charge is -2.10. The first kappa shape index (κ1) is 13.4. The van der Waals surface area contributed by atoms with Gasteiger partial charge in [-0.15, -0.1) is 0 Å². The molecule has 7 nitrogen and oxygen atoms in total. The van der Waals surface area contributed by atoms with E-state index in [1.165, 1.54) is 0 Å². The third-order valence-electron chi connectivity index (χ3n) is 2.16. The molecule has 0 saturated carbocycles. The molecule has 0 amide bonds. The quantitative estimate of drug-likeness (QED) is 0.633. The fourth-order valence-electron chi connectivity index (χ4n) is 1.42. The first-order valence-corrected chi connectivity index (χ1v) is 8.10. The molecular weight excluding hydrogens is 258 g/mol. The highest BCUT2D eigenvalue weighted by atomic mass is 32.2. The number of rotatable bonds is 5. The van der Waals surface area contributed by atoms with Crippen molar-refractivity contribution in [1.82, 2.24) is 4.72 Å². The number of sulfone groups is 1. The van der Waals surface area contributed by atoms with Gasteiger partial charge in [0.15, 0.2) is 9.84 Å². The maximum absolute atomic E-state index is 11.3. The van der Waals surface area contributed by atoms with Gasteiger partial charge in [0.1, 0.15) is 0 Å². The van der Waals surface area contributed by atoms with Crippen LogP contribution in [0.4, 0.5) is 0 Å². The Morgan fingerprint density at radius 3 is 2.50 bits per heavy atom. The minimum absolute atomic E-state index is 0.0287. The van der Waals surface area contributed by atoms with Crippen molar-refractivity contribution in [3.8, 4) is 0 Å². The van der Waals surface area contributed by atoms with Crippen molar-refractivity contribution in [2.45, 2.75) is 18.9 Å². The average Bonchev–Trinajstić information content (AvgIpc) is 2.41. The van der Waals surface area contributed by atoms with E-state index in [2.05, 4.69) is 4.72 Å². The molecular formula is C7H13NO6S2. The third-order valence-corrected chi connectivity index (χ3v) is 5.37. The molecule has 0 aliphatic carbocycles. The molecule has 9 heteroatoms. The molecule has 0 aromatic carbocycles. The Bertz CT molecular complexity index is 465. The standard InChI is InChI=1S/C7H13NO6S2/c9-7(10)2-4-16(13,14)8-6-1-3-15(11,12)5-6/h6,8H,1-5H2,(H,9,10). The zero-order valence-electron chi connectivity index (χ0n) is 8.42. The summed E-state index contributed by atoms with van der Waals surface area (Å²) < 4.78 is 47.0. The van der Waals surface area contributed by atoms with Gasteiger partial charge in [0.05, 0.1) is 23.7 Å². The van der Waals surface area contributed by atoms with Gasteiger partial charge in [-0.1, -0.05) is 0 Å². The molecule has 1 aliphatic rings. The fraction of sp³-hybridized carbons (Fsp3) is 0.857. The summed E-state index contributed by atoms with van der Waals surface area (Å²) in [6.45, 7) is 0. The smallest absolute Gasteiger partial charge is 0.304 e. The number of carboxylic acids is 1. The second-order valence-corrected chi connectivity index (χ2v) is 7.78. The van der Waals surface area contributed by atoms with E-state index in [0.717, 1.165) is 0 Å². The van der Waals surface area contributed by atoms with Gasteiger partial charge in [0, 0.05) is 6.04 Å². The van der Waals surface area contributed by atoms with E-state index >= 15 is 0 Å². The maximum Gasteiger partial charge on any atom is 0.304 e. The van der Waals surface area contributed by atoms with E-state index in [-0.39, 0.29) is 17.9 Å². The third kappa shape index (κ3) is 4.45. The number of sulfonamides is 1. The van der Waals surface area contributed by atoms with Gasteiger partial charge in [-0.25, -0.2) is 21.6 Å². The van der Waals surface area contributed by atoms with Crippen LogP contribution < -0.4 is 4.72 Å². The molecule has 0 radical (unpaired) electrons. The summed E-state index contributed by atoms with van der Waals surface area (Å²) in [5, 5.41) is 8.33. The summed E-state index contributed by atoms with van der Waals surface area (Å²) in [4.78, 5) is 10.2. The highest BCUT2D eigenvalue weighted by Gasteiger charge is 2.30. The van der Waals surface area contributed by atoms with Gasteiger partial charge in [-0.05, 0) is 6.42 Å². The van der Waals surface area contributed by atoms with Gasteiger partial charge in [-0.3, -0.25) is 4.79 Å². The highest BCUT2D eigenvalue weighted by molar-refractivity contribution is 7.92. The molecule has 1 unspecified atom stereocenters. The van der Waals surface area contributed by atoms with E-state index in [0.29, 0.717) is 0 Å². The van der Waals surface area contributed by atoms with Crippen molar-refractivity contribution in [1.29, 1.82) is 0 Å². The molecule has 0 aromatic heterocycles. The predicted molar refractivity (Wildman–Crippen MR) is 56.2 cm³/mol. The number of carboxylic acid groups (broad SMARTS) is 1. The summed E-state index contributed by atoms with van der Waals surface area (Å²) in [7, 11) is -6.85. The van der Waals surface area contributed by atoms with Crippen LogP contribution in [-0.2, 0) is 24.7 Å². The van der Waals surface area contributed by atoms with Gasteiger partial charge < -0.3 is 5.11 Å². The molecule has 1 atom stereocenters. The Morgan fingerprint density at radius 1 is 1.44 bits per heavy atom. The molecule has 94 valence electrons. The lowest BCUT2D eigenvalue weighted by molar-refractivity contribution is -0.136. The fourth-order valence-corrected chi connectivity index (χ4v) is 4.47. The monoisotopic (exact) mass is 271 g/mol. The molecule has 0 aromatic rings. The van der Waals surface area contributed by atoms with Crippen LogP contribution in [0.2, 0.25) is 0 Å². The minimum Gasteiger partial charge on any atom is -0.481 e. The van der Waals surface area contributed by atoms with Crippen molar-refractivity contribution >= 4 is 25.8 Å². The van der Waals surface area contributed by atoms with Crippen LogP contribution in [0.15, 0.2) is 0 Å². The zero-order valence-corrected chi connectivity index (χ0v) is 10.1. The lowest BCUT2D eigenvalue weighted by Crippen LogP contribution is -2.37. The number of aliphatic carboxylic acids is 1. The highest BCUT2D eigenvalue weighted by Crippen LogP contribution is 2.12. The van der Waals surface area contributed by atoms with Crippen LogP contribution in [0.25, 0.3) is 0 Å². The normalized spacial score (nSPS) is 24.4.